The number of nitrogens with one attached hydrogen (secondary N) is 1. The SMILES string of the molecule is CCCCc1nc(Cl)c(C(=O)NS(=O)(=O)c2ccncc2)n1Cc1csc2ccccc12. The lowest BCUT2D eigenvalue weighted by molar-refractivity contribution is 0.0972. The minimum atomic E-state index is -4.08. The number of benzene rings is 1. The fourth-order valence-electron chi connectivity index (χ4n) is 3.45. The molecule has 0 radical (unpaired) electrons. The van der Waals surface area contributed by atoms with Crippen molar-refractivity contribution < 1.29 is 13.2 Å². The average Bonchev–Trinajstić information content (AvgIpc) is 3.33. The van der Waals surface area contributed by atoms with E-state index in [4.69, 9.17) is 11.6 Å². The summed E-state index contributed by atoms with van der Waals surface area (Å²) in [6, 6.07) is 10.6. The van der Waals surface area contributed by atoms with Crippen molar-refractivity contribution in [2.45, 2.75) is 37.6 Å². The number of nitrogens with zero attached hydrogens (tertiary/aromatic N) is 3. The summed E-state index contributed by atoms with van der Waals surface area (Å²) in [6.45, 7) is 2.43. The molecule has 0 fully saturated rings. The minimum Gasteiger partial charge on any atom is -0.318 e. The number of imidazole rings is 1. The minimum absolute atomic E-state index is 0.0157. The molecule has 0 aliphatic carbocycles. The van der Waals surface area contributed by atoms with Crippen LogP contribution < -0.4 is 4.72 Å². The van der Waals surface area contributed by atoms with Crippen molar-refractivity contribution in [1.29, 1.82) is 0 Å². The first-order valence-electron chi connectivity index (χ1n) is 10.1. The zero-order valence-electron chi connectivity index (χ0n) is 17.3. The Morgan fingerprint density at radius 2 is 1.94 bits per heavy atom. The zero-order chi connectivity index (χ0) is 22.7. The predicted octanol–water partition coefficient (Wildman–Crippen LogP) is 4.66. The Kier molecular flexibility index (Phi) is 6.59. The summed E-state index contributed by atoms with van der Waals surface area (Å²) in [4.78, 5) is 21.3. The van der Waals surface area contributed by atoms with Gasteiger partial charge in [0, 0.05) is 23.5 Å². The maximum absolute atomic E-state index is 13.1. The van der Waals surface area contributed by atoms with Crippen LogP contribution in [0.5, 0.6) is 0 Å². The number of rotatable bonds is 8. The second kappa shape index (κ2) is 9.40. The summed E-state index contributed by atoms with van der Waals surface area (Å²) in [6.07, 6.45) is 5.14. The van der Waals surface area contributed by atoms with E-state index < -0.39 is 15.9 Å². The predicted molar refractivity (Wildman–Crippen MR) is 126 cm³/mol. The van der Waals surface area contributed by atoms with E-state index in [9.17, 15) is 13.2 Å². The number of amides is 1. The van der Waals surface area contributed by atoms with Crippen LogP contribution in [0.25, 0.3) is 10.1 Å². The Bertz CT molecular complexity index is 1360. The Labute approximate surface area is 195 Å². The molecule has 0 spiro atoms. The molecule has 10 heteroatoms. The molecule has 0 aliphatic heterocycles. The van der Waals surface area contributed by atoms with Crippen LogP contribution in [0.3, 0.4) is 0 Å². The number of unbranched alkanes of at least 4 members (excludes halogenated alkanes) is 1. The topological polar surface area (TPSA) is 93.9 Å². The van der Waals surface area contributed by atoms with Gasteiger partial charge in [-0.2, -0.15) is 0 Å². The molecule has 0 atom stereocenters. The van der Waals surface area contributed by atoms with Crippen LogP contribution in [-0.4, -0.2) is 28.9 Å². The van der Waals surface area contributed by atoms with Gasteiger partial charge in [-0.25, -0.2) is 18.1 Å². The van der Waals surface area contributed by atoms with Crippen molar-refractivity contribution in [1.82, 2.24) is 19.3 Å². The molecule has 0 saturated carbocycles. The Hall–Kier alpha value is -2.75. The second-order valence-electron chi connectivity index (χ2n) is 7.23. The summed E-state index contributed by atoms with van der Waals surface area (Å²) in [5.41, 5.74) is 1.05. The highest BCUT2D eigenvalue weighted by atomic mass is 35.5. The van der Waals surface area contributed by atoms with Gasteiger partial charge in [0.25, 0.3) is 15.9 Å². The summed E-state index contributed by atoms with van der Waals surface area (Å²) in [5.74, 6) is -0.166. The van der Waals surface area contributed by atoms with Crippen LogP contribution >= 0.6 is 22.9 Å². The molecule has 0 bridgehead atoms. The van der Waals surface area contributed by atoms with Crippen LogP contribution in [-0.2, 0) is 23.0 Å². The smallest absolute Gasteiger partial charge is 0.284 e. The van der Waals surface area contributed by atoms with Gasteiger partial charge in [0.1, 0.15) is 11.5 Å². The highest BCUT2D eigenvalue weighted by Crippen LogP contribution is 2.29. The summed E-state index contributed by atoms with van der Waals surface area (Å²) >= 11 is 7.98. The zero-order valence-corrected chi connectivity index (χ0v) is 19.7. The van der Waals surface area contributed by atoms with Crippen LogP contribution in [0, 0.1) is 0 Å². The van der Waals surface area contributed by atoms with Gasteiger partial charge >= 0.3 is 0 Å². The van der Waals surface area contributed by atoms with E-state index in [1.54, 1.807) is 15.9 Å². The van der Waals surface area contributed by atoms with E-state index in [2.05, 4.69) is 21.6 Å². The fourth-order valence-corrected chi connectivity index (χ4v) is 5.63. The lowest BCUT2D eigenvalue weighted by Crippen LogP contribution is -2.32. The normalized spacial score (nSPS) is 11.7. The molecular formula is C22H21ClN4O3S2. The largest absolute Gasteiger partial charge is 0.318 e. The molecule has 1 amide bonds. The van der Waals surface area contributed by atoms with E-state index in [0.717, 1.165) is 28.5 Å². The average molecular weight is 489 g/mol. The number of fused-ring (bicyclic) bond motifs is 1. The molecule has 4 aromatic rings. The molecule has 0 aliphatic rings. The number of carbonyl (C=O) groups is 1. The Morgan fingerprint density at radius 3 is 2.69 bits per heavy atom. The van der Waals surface area contributed by atoms with Gasteiger partial charge < -0.3 is 4.57 Å². The molecule has 0 unspecified atom stereocenters. The molecular weight excluding hydrogens is 468 g/mol. The molecule has 4 rings (SSSR count). The first kappa shape index (κ1) is 22.4. The number of aromatic nitrogens is 3. The number of hydrogen-bond acceptors (Lipinski definition) is 6. The van der Waals surface area contributed by atoms with E-state index in [0.29, 0.717) is 18.8 Å². The van der Waals surface area contributed by atoms with Gasteiger partial charge in [-0.3, -0.25) is 9.78 Å². The van der Waals surface area contributed by atoms with E-state index in [-0.39, 0.29) is 15.7 Å². The van der Waals surface area contributed by atoms with Gasteiger partial charge in [0.05, 0.1) is 11.4 Å². The van der Waals surface area contributed by atoms with Crippen LogP contribution in [0.15, 0.2) is 59.1 Å². The number of thiophene rings is 1. The quantitative estimate of drug-likeness (QED) is 0.389. The molecule has 32 heavy (non-hydrogen) atoms. The van der Waals surface area contributed by atoms with Gasteiger partial charge in [0.2, 0.25) is 0 Å². The first-order chi connectivity index (χ1) is 15.4. The van der Waals surface area contributed by atoms with Crippen molar-refractivity contribution in [3.05, 3.63) is 76.4 Å². The summed E-state index contributed by atoms with van der Waals surface area (Å²) in [7, 11) is -4.08. The summed E-state index contributed by atoms with van der Waals surface area (Å²) in [5, 5.41) is 3.11. The lowest BCUT2D eigenvalue weighted by atomic mass is 10.1. The van der Waals surface area contributed by atoms with Crippen LogP contribution in [0.4, 0.5) is 0 Å². The third kappa shape index (κ3) is 4.55. The molecule has 3 heterocycles. The van der Waals surface area contributed by atoms with Crippen molar-refractivity contribution in [3.63, 3.8) is 0 Å². The molecule has 7 nitrogen and oxygen atoms in total. The number of halogens is 1. The molecule has 166 valence electrons. The lowest BCUT2D eigenvalue weighted by Gasteiger charge is -2.12. The van der Waals surface area contributed by atoms with Gasteiger partial charge in [-0.1, -0.05) is 43.1 Å². The van der Waals surface area contributed by atoms with Crippen LogP contribution in [0.2, 0.25) is 5.15 Å². The fraction of sp³-hybridized carbons (Fsp3) is 0.227. The third-order valence-electron chi connectivity index (χ3n) is 5.05. The first-order valence-corrected chi connectivity index (χ1v) is 12.8. The monoisotopic (exact) mass is 488 g/mol. The third-order valence-corrected chi connectivity index (χ3v) is 7.67. The van der Waals surface area contributed by atoms with E-state index in [1.165, 1.54) is 24.5 Å². The number of pyridine rings is 1. The number of carbonyl (C=O) groups excluding carboxylic acids is 1. The Morgan fingerprint density at radius 1 is 1.19 bits per heavy atom. The maximum atomic E-state index is 13.1. The molecule has 0 saturated heterocycles. The van der Waals surface area contributed by atoms with E-state index >= 15 is 0 Å². The standard InChI is InChI=1S/C22H21ClN4O3S2/c1-2-3-8-19-25-21(23)20(22(28)26-32(29,30)16-9-11-24-12-10-16)27(19)13-15-14-31-18-7-5-4-6-17(15)18/h4-7,9-12,14H,2-3,8,13H2,1H3,(H,26,28). The molecule has 1 aromatic carbocycles. The van der Waals surface area contributed by atoms with Crippen molar-refractivity contribution in [3.8, 4) is 0 Å². The molecule has 1 N–H and O–H groups in total. The maximum Gasteiger partial charge on any atom is 0.284 e. The van der Waals surface area contributed by atoms with Crippen LogP contribution in [0.1, 0.15) is 41.6 Å². The van der Waals surface area contributed by atoms with Crippen molar-refractivity contribution in [2.75, 3.05) is 0 Å². The highest BCUT2D eigenvalue weighted by molar-refractivity contribution is 7.90. The van der Waals surface area contributed by atoms with Gasteiger partial charge in [0.15, 0.2) is 5.15 Å². The van der Waals surface area contributed by atoms with Crippen molar-refractivity contribution >= 4 is 49.0 Å². The second-order valence-corrected chi connectivity index (χ2v) is 10.2. The van der Waals surface area contributed by atoms with Crippen molar-refractivity contribution in [2.24, 2.45) is 0 Å². The Balaban J connectivity index is 1.73. The number of sulfonamides is 1. The number of aryl methyl sites for hydroxylation is 1. The van der Waals surface area contributed by atoms with Gasteiger partial charge in [-0.15, -0.1) is 11.3 Å². The molecule has 3 aromatic heterocycles. The number of hydrogen-bond donors (Lipinski definition) is 1. The highest BCUT2D eigenvalue weighted by Gasteiger charge is 2.27. The summed E-state index contributed by atoms with van der Waals surface area (Å²) < 4.78 is 30.3. The van der Waals surface area contributed by atoms with E-state index in [1.807, 2.05) is 29.6 Å². The van der Waals surface area contributed by atoms with Gasteiger partial charge in [-0.05, 0) is 40.9 Å².